The van der Waals surface area contributed by atoms with E-state index >= 15 is 0 Å². The first-order valence-corrected chi connectivity index (χ1v) is 11.9. The third kappa shape index (κ3) is 4.83. The zero-order valence-electron chi connectivity index (χ0n) is 17.4. The molecule has 2 aromatic heterocycles. The van der Waals surface area contributed by atoms with Crippen LogP contribution in [0.15, 0.2) is 5.16 Å². The Labute approximate surface area is 179 Å². The number of thiophene rings is 1. The van der Waals surface area contributed by atoms with E-state index in [0.29, 0.717) is 17.2 Å². The lowest BCUT2D eigenvalue weighted by atomic mass is 9.95. The van der Waals surface area contributed by atoms with E-state index in [4.69, 9.17) is 4.74 Å². The van der Waals surface area contributed by atoms with Crippen molar-refractivity contribution in [2.45, 2.75) is 71.0 Å². The van der Waals surface area contributed by atoms with Crippen molar-refractivity contribution in [2.24, 2.45) is 0 Å². The Hall–Kier alpha value is -1.87. The summed E-state index contributed by atoms with van der Waals surface area (Å²) in [6.07, 6.45) is 4.78. The van der Waals surface area contributed by atoms with Gasteiger partial charge in [-0.2, -0.15) is 0 Å². The van der Waals surface area contributed by atoms with Crippen molar-refractivity contribution < 1.29 is 14.3 Å². The molecule has 0 saturated carbocycles. The van der Waals surface area contributed by atoms with Gasteiger partial charge in [-0.05, 0) is 52.0 Å². The Bertz CT molecular complexity index is 889. The third-order valence-electron chi connectivity index (χ3n) is 4.80. The number of rotatable bonds is 8. The normalized spacial score (nSPS) is 13.4. The molecule has 0 radical (unpaired) electrons. The Morgan fingerprint density at radius 2 is 2.00 bits per heavy atom. The molecule has 0 spiro atoms. The number of hydrogen-bond acceptors (Lipinski definition) is 7. The molecule has 0 unspecified atom stereocenters. The maximum atomic E-state index is 12.7. The van der Waals surface area contributed by atoms with Crippen LogP contribution < -0.4 is 5.32 Å². The molecule has 0 atom stereocenters. The highest BCUT2D eigenvalue weighted by atomic mass is 32.2. The molecule has 0 bridgehead atoms. The van der Waals surface area contributed by atoms with Crippen LogP contribution in [0.5, 0.6) is 0 Å². The van der Waals surface area contributed by atoms with E-state index in [9.17, 15) is 9.59 Å². The van der Waals surface area contributed by atoms with Crippen LogP contribution in [0.25, 0.3) is 0 Å². The fourth-order valence-corrected chi connectivity index (χ4v) is 5.71. The van der Waals surface area contributed by atoms with Crippen LogP contribution in [0.4, 0.5) is 5.00 Å². The summed E-state index contributed by atoms with van der Waals surface area (Å²) in [6.45, 7) is 8.31. The molecule has 9 heteroatoms. The number of aryl methyl sites for hydroxylation is 2. The van der Waals surface area contributed by atoms with Gasteiger partial charge in [-0.3, -0.25) is 4.79 Å². The van der Waals surface area contributed by atoms with Gasteiger partial charge in [-0.15, -0.1) is 21.5 Å². The topological polar surface area (TPSA) is 86.1 Å². The van der Waals surface area contributed by atoms with Crippen molar-refractivity contribution in [1.29, 1.82) is 0 Å². The highest BCUT2D eigenvalue weighted by molar-refractivity contribution is 7.99. The number of ether oxygens (including phenoxy) is 1. The lowest BCUT2D eigenvalue weighted by Gasteiger charge is -2.13. The number of carbonyl (C=O) groups is 2. The van der Waals surface area contributed by atoms with Gasteiger partial charge < -0.3 is 14.6 Å². The second-order valence-electron chi connectivity index (χ2n) is 7.19. The van der Waals surface area contributed by atoms with Crippen LogP contribution in [0.2, 0.25) is 0 Å². The number of esters is 1. The average Bonchev–Trinajstić information content (AvgIpc) is 3.27. The molecule has 29 heavy (non-hydrogen) atoms. The highest BCUT2D eigenvalue weighted by Gasteiger charge is 2.27. The van der Waals surface area contributed by atoms with E-state index in [1.54, 1.807) is 6.92 Å². The maximum Gasteiger partial charge on any atom is 0.341 e. The summed E-state index contributed by atoms with van der Waals surface area (Å²) in [5.41, 5.74) is 1.60. The molecule has 1 aliphatic carbocycles. The van der Waals surface area contributed by atoms with Crippen molar-refractivity contribution in [2.75, 3.05) is 17.7 Å². The number of aromatic nitrogens is 3. The minimum atomic E-state index is -0.345. The summed E-state index contributed by atoms with van der Waals surface area (Å²) in [5, 5.41) is 12.8. The van der Waals surface area contributed by atoms with Gasteiger partial charge in [-0.25, -0.2) is 4.79 Å². The number of nitrogens with one attached hydrogen (secondary N) is 1. The van der Waals surface area contributed by atoms with Crippen LogP contribution in [-0.2, 0) is 28.8 Å². The second kappa shape index (κ2) is 9.75. The molecular weight excluding hydrogens is 408 g/mol. The fourth-order valence-electron chi connectivity index (χ4n) is 3.53. The van der Waals surface area contributed by atoms with Crippen molar-refractivity contribution in [3.63, 3.8) is 0 Å². The van der Waals surface area contributed by atoms with E-state index in [2.05, 4.69) is 33.9 Å². The smallest absolute Gasteiger partial charge is 0.341 e. The molecule has 0 fully saturated rings. The number of amides is 1. The van der Waals surface area contributed by atoms with E-state index in [1.807, 2.05) is 6.92 Å². The van der Waals surface area contributed by atoms with Crippen molar-refractivity contribution in [1.82, 2.24) is 14.8 Å². The van der Waals surface area contributed by atoms with E-state index in [-0.39, 0.29) is 23.7 Å². The number of fused-ring (bicyclic) bond motifs is 1. The SMILES string of the molecule is CCOC(=O)c1c(NC(=O)CSc2nnc(CC)n2C(C)C)sc2c1CCCC2. The molecule has 1 amide bonds. The van der Waals surface area contributed by atoms with E-state index < -0.39 is 0 Å². The zero-order valence-corrected chi connectivity index (χ0v) is 19.0. The molecule has 2 heterocycles. The zero-order chi connectivity index (χ0) is 21.0. The minimum absolute atomic E-state index is 0.157. The summed E-state index contributed by atoms with van der Waals surface area (Å²) in [6, 6.07) is 0.227. The maximum absolute atomic E-state index is 12.7. The fraction of sp³-hybridized carbons (Fsp3) is 0.600. The van der Waals surface area contributed by atoms with Crippen molar-refractivity contribution >= 4 is 40.0 Å². The average molecular weight is 437 g/mol. The van der Waals surface area contributed by atoms with Crippen LogP contribution >= 0.6 is 23.1 Å². The molecule has 7 nitrogen and oxygen atoms in total. The molecule has 3 rings (SSSR count). The summed E-state index contributed by atoms with van der Waals surface area (Å²) in [4.78, 5) is 26.4. The van der Waals surface area contributed by atoms with Crippen LogP contribution in [0.1, 0.15) is 73.2 Å². The van der Waals surface area contributed by atoms with Gasteiger partial charge in [-0.1, -0.05) is 18.7 Å². The van der Waals surface area contributed by atoms with Crippen molar-refractivity contribution in [3.05, 3.63) is 21.8 Å². The van der Waals surface area contributed by atoms with Crippen molar-refractivity contribution in [3.8, 4) is 0 Å². The summed E-state index contributed by atoms with van der Waals surface area (Å²) >= 11 is 2.87. The lowest BCUT2D eigenvalue weighted by molar-refractivity contribution is -0.113. The third-order valence-corrected chi connectivity index (χ3v) is 6.95. The monoisotopic (exact) mass is 436 g/mol. The number of anilines is 1. The molecule has 0 saturated heterocycles. The lowest BCUT2D eigenvalue weighted by Crippen LogP contribution is -2.17. The summed E-state index contributed by atoms with van der Waals surface area (Å²) in [5.74, 6) is 0.621. The first-order chi connectivity index (χ1) is 14.0. The molecule has 158 valence electrons. The van der Waals surface area contributed by atoms with Gasteiger partial charge in [0.05, 0.1) is 17.9 Å². The molecular formula is C20H28N4O3S2. The first-order valence-electron chi connectivity index (χ1n) is 10.1. The van der Waals surface area contributed by atoms with Gasteiger partial charge in [0.25, 0.3) is 0 Å². The Morgan fingerprint density at radius 1 is 1.24 bits per heavy atom. The number of nitrogens with zero attached hydrogens (tertiary/aromatic N) is 3. The first kappa shape index (κ1) is 21.8. The summed E-state index contributed by atoms with van der Waals surface area (Å²) in [7, 11) is 0. The quantitative estimate of drug-likeness (QED) is 0.491. The Balaban J connectivity index is 1.74. The molecule has 1 N–H and O–H groups in total. The Morgan fingerprint density at radius 3 is 2.69 bits per heavy atom. The predicted molar refractivity (Wildman–Crippen MR) is 116 cm³/mol. The van der Waals surface area contributed by atoms with Gasteiger partial charge in [0.2, 0.25) is 5.91 Å². The van der Waals surface area contributed by atoms with Gasteiger partial charge >= 0.3 is 5.97 Å². The molecule has 0 aromatic carbocycles. The van der Waals surface area contributed by atoms with E-state index in [0.717, 1.165) is 48.6 Å². The summed E-state index contributed by atoms with van der Waals surface area (Å²) < 4.78 is 7.31. The second-order valence-corrected chi connectivity index (χ2v) is 9.24. The number of hydrogen-bond donors (Lipinski definition) is 1. The molecule has 0 aliphatic heterocycles. The molecule has 1 aliphatic rings. The van der Waals surface area contributed by atoms with E-state index in [1.165, 1.54) is 28.0 Å². The highest BCUT2D eigenvalue weighted by Crippen LogP contribution is 2.38. The predicted octanol–water partition coefficient (Wildman–Crippen LogP) is 4.27. The Kier molecular flexibility index (Phi) is 7.34. The van der Waals surface area contributed by atoms with Gasteiger partial charge in [0.15, 0.2) is 5.16 Å². The molecule has 2 aromatic rings. The number of carbonyl (C=O) groups excluding carboxylic acids is 2. The van der Waals surface area contributed by atoms with Crippen LogP contribution in [-0.4, -0.2) is 39.0 Å². The standard InChI is InChI=1S/C20H28N4O3S2/c1-5-15-22-23-20(24(15)12(3)4)28-11-16(25)21-18-17(19(26)27-6-2)13-9-7-8-10-14(13)29-18/h12H,5-11H2,1-4H3,(H,21,25). The van der Waals surface area contributed by atoms with Gasteiger partial charge in [0.1, 0.15) is 10.8 Å². The van der Waals surface area contributed by atoms with Crippen LogP contribution in [0, 0.1) is 0 Å². The largest absolute Gasteiger partial charge is 0.462 e. The number of thioether (sulfide) groups is 1. The van der Waals surface area contributed by atoms with Crippen LogP contribution in [0.3, 0.4) is 0 Å². The minimum Gasteiger partial charge on any atom is -0.462 e. The van der Waals surface area contributed by atoms with Gasteiger partial charge in [0, 0.05) is 17.3 Å².